The molecule has 1 aliphatic rings. The van der Waals surface area contributed by atoms with Crippen LogP contribution in [0.1, 0.15) is 23.0 Å². The molecule has 4 rings (SSSR count). The van der Waals surface area contributed by atoms with Crippen molar-refractivity contribution in [1.29, 1.82) is 0 Å². The zero-order valence-electron chi connectivity index (χ0n) is 14.6. The molecule has 3 aromatic rings. The Morgan fingerprint density at radius 1 is 1.21 bits per heavy atom. The van der Waals surface area contributed by atoms with E-state index in [2.05, 4.69) is 15.3 Å². The molecule has 0 unspecified atom stereocenters. The molecule has 0 spiro atoms. The number of nitrogens with zero attached hydrogens (tertiary/aromatic N) is 2. The van der Waals surface area contributed by atoms with E-state index in [0.29, 0.717) is 17.0 Å². The number of fused-ring (bicyclic) bond motifs is 1. The number of anilines is 1. The number of carboxylic acids is 1. The summed E-state index contributed by atoms with van der Waals surface area (Å²) in [6, 6.07) is 13.5. The SMILES string of the molecule is O=C([O-])[C@H]1Cc2[nH]cnc2[C@H](c2ccc(F)cc2)N1C(=S)Nc1ccccc1. The summed E-state index contributed by atoms with van der Waals surface area (Å²) in [4.78, 5) is 20.9. The second kappa shape index (κ2) is 7.40. The molecular weight excluding hydrogens is 379 g/mol. The van der Waals surface area contributed by atoms with Gasteiger partial charge < -0.3 is 25.1 Å². The fraction of sp³-hybridized carbons (Fsp3) is 0.150. The zero-order chi connectivity index (χ0) is 19.7. The summed E-state index contributed by atoms with van der Waals surface area (Å²) >= 11 is 5.57. The minimum absolute atomic E-state index is 0.173. The standard InChI is InChI=1S/C20H17FN4O2S/c21-13-8-6-12(7-9-13)18-17-15(22-11-23-17)10-16(19(26)27)25(18)20(28)24-14-4-2-1-3-5-14/h1-9,11,16,18H,10H2,(H,22,23)(H,24,28)(H,26,27)/p-1/t16-,18+/m1/s1. The Balaban J connectivity index is 1.79. The lowest BCUT2D eigenvalue weighted by atomic mass is 9.91. The number of hydrogen-bond donors (Lipinski definition) is 2. The second-order valence-corrected chi connectivity index (χ2v) is 6.85. The number of nitrogens with one attached hydrogen (secondary N) is 2. The van der Waals surface area contributed by atoms with Crippen LogP contribution in [0.15, 0.2) is 60.9 Å². The molecule has 2 N–H and O–H groups in total. The normalized spacial score (nSPS) is 18.4. The monoisotopic (exact) mass is 395 g/mol. The highest BCUT2D eigenvalue weighted by molar-refractivity contribution is 7.80. The summed E-state index contributed by atoms with van der Waals surface area (Å²) in [5.74, 6) is -1.63. The van der Waals surface area contributed by atoms with Crippen molar-refractivity contribution in [3.05, 3.63) is 83.7 Å². The summed E-state index contributed by atoms with van der Waals surface area (Å²) in [5, 5.41) is 15.3. The van der Waals surface area contributed by atoms with Gasteiger partial charge in [-0.1, -0.05) is 30.3 Å². The Hall–Kier alpha value is -3.26. The lowest BCUT2D eigenvalue weighted by Gasteiger charge is -2.43. The van der Waals surface area contributed by atoms with Crippen LogP contribution in [0, 0.1) is 5.82 Å². The third-order valence-electron chi connectivity index (χ3n) is 4.74. The first-order valence-electron chi connectivity index (χ1n) is 8.67. The number of hydrogen-bond acceptors (Lipinski definition) is 4. The average Bonchev–Trinajstić information content (AvgIpc) is 3.16. The highest BCUT2D eigenvalue weighted by Gasteiger charge is 2.39. The molecule has 0 amide bonds. The van der Waals surface area contributed by atoms with E-state index in [0.717, 1.165) is 5.69 Å². The lowest BCUT2D eigenvalue weighted by molar-refractivity contribution is -0.311. The van der Waals surface area contributed by atoms with Crippen LogP contribution in [-0.2, 0) is 11.2 Å². The first-order chi connectivity index (χ1) is 13.5. The van der Waals surface area contributed by atoms with Crippen molar-refractivity contribution in [3.63, 3.8) is 0 Å². The Labute approximate surface area is 166 Å². The molecule has 0 saturated carbocycles. The minimum atomic E-state index is -1.25. The molecule has 142 valence electrons. The van der Waals surface area contributed by atoms with E-state index in [9.17, 15) is 14.3 Å². The van der Waals surface area contributed by atoms with Gasteiger partial charge in [-0.2, -0.15) is 0 Å². The maximum absolute atomic E-state index is 13.5. The van der Waals surface area contributed by atoms with Gasteiger partial charge in [0.25, 0.3) is 0 Å². The molecule has 6 nitrogen and oxygen atoms in total. The number of H-pyrrole nitrogens is 1. The molecule has 0 fully saturated rings. The van der Waals surface area contributed by atoms with Crippen molar-refractivity contribution in [1.82, 2.24) is 14.9 Å². The number of carboxylic acid groups (broad SMARTS) is 1. The van der Waals surface area contributed by atoms with Crippen LogP contribution in [0.5, 0.6) is 0 Å². The predicted octanol–water partition coefficient (Wildman–Crippen LogP) is 2.01. The van der Waals surface area contributed by atoms with Crippen molar-refractivity contribution in [2.45, 2.75) is 18.5 Å². The fourth-order valence-corrected chi connectivity index (χ4v) is 3.81. The molecular formula is C20H16FN4O2S-. The molecule has 1 aliphatic heterocycles. The number of aromatic nitrogens is 2. The van der Waals surface area contributed by atoms with Crippen LogP contribution in [0.2, 0.25) is 0 Å². The molecule has 8 heteroatoms. The average molecular weight is 395 g/mol. The number of carbonyl (C=O) groups is 1. The number of aliphatic carboxylic acids is 1. The van der Waals surface area contributed by atoms with Gasteiger partial charge in [0, 0.05) is 17.8 Å². The van der Waals surface area contributed by atoms with E-state index < -0.39 is 18.1 Å². The molecule has 1 aromatic heterocycles. The van der Waals surface area contributed by atoms with E-state index in [1.54, 1.807) is 17.0 Å². The maximum Gasteiger partial charge on any atom is 0.174 e. The molecule has 0 aliphatic carbocycles. The second-order valence-electron chi connectivity index (χ2n) is 6.46. The predicted molar refractivity (Wildman–Crippen MR) is 104 cm³/mol. The van der Waals surface area contributed by atoms with E-state index in [4.69, 9.17) is 12.2 Å². The largest absolute Gasteiger partial charge is 0.548 e. The van der Waals surface area contributed by atoms with Crippen LogP contribution in [0.3, 0.4) is 0 Å². The van der Waals surface area contributed by atoms with E-state index in [1.165, 1.54) is 18.5 Å². The molecule has 2 atom stereocenters. The summed E-state index contributed by atoms with van der Waals surface area (Å²) in [6.07, 6.45) is 1.69. The summed E-state index contributed by atoms with van der Waals surface area (Å²) in [7, 11) is 0. The Morgan fingerprint density at radius 2 is 1.93 bits per heavy atom. The Bertz CT molecular complexity index is 1010. The quantitative estimate of drug-likeness (QED) is 0.660. The summed E-state index contributed by atoms with van der Waals surface area (Å²) in [5.41, 5.74) is 2.76. The van der Waals surface area contributed by atoms with Gasteiger partial charge in [0.2, 0.25) is 0 Å². The number of imidazole rings is 1. The van der Waals surface area contributed by atoms with Crippen LogP contribution < -0.4 is 10.4 Å². The number of aromatic amines is 1. The Kier molecular flexibility index (Phi) is 4.79. The third kappa shape index (κ3) is 3.34. The van der Waals surface area contributed by atoms with Gasteiger partial charge in [0.15, 0.2) is 5.11 Å². The molecule has 2 heterocycles. The molecule has 28 heavy (non-hydrogen) atoms. The minimum Gasteiger partial charge on any atom is -0.548 e. The van der Waals surface area contributed by atoms with Crippen molar-refractivity contribution < 1.29 is 14.3 Å². The van der Waals surface area contributed by atoms with E-state index in [1.807, 2.05) is 30.3 Å². The molecule has 2 aromatic carbocycles. The molecule has 0 bridgehead atoms. The van der Waals surface area contributed by atoms with Gasteiger partial charge in [0.05, 0.1) is 24.0 Å². The van der Waals surface area contributed by atoms with Gasteiger partial charge in [-0.25, -0.2) is 9.37 Å². The first kappa shape index (κ1) is 18.1. The van der Waals surface area contributed by atoms with Crippen molar-refractivity contribution >= 4 is 29.0 Å². The number of benzene rings is 2. The smallest absolute Gasteiger partial charge is 0.174 e. The third-order valence-corrected chi connectivity index (χ3v) is 5.05. The topological polar surface area (TPSA) is 84.1 Å². The number of para-hydroxylation sites is 1. The van der Waals surface area contributed by atoms with Gasteiger partial charge in [-0.3, -0.25) is 0 Å². The van der Waals surface area contributed by atoms with Gasteiger partial charge in [-0.15, -0.1) is 0 Å². The summed E-state index contributed by atoms with van der Waals surface area (Å²) in [6.45, 7) is 0. The highest BCUT2D eigenvalue weighted by Crippen LogP contribution is 2.36. The van der Waals surface area contributed by atoms with Gasteiger partial charge in [-0.05, 0) is 42.0 Å². The fourth-order valence-electron chi connectivity index (χ4n) is 3.46. The van der Waals surface area contributed by atoms with Crippen LogP contribution >= 0.6 is 12.2 Å². The Morgan fingerprint density at radius 3 is 2.61 bits per heavy atom. The zero-order valence-corrected chi connectivity index (χ0v) is 15.4. The number of thiocarbonyl (C=S) groups is 1. The van der Waals surface area contributed by atoms with Crippen LogP contribution in [0.25, 0.3) is 0 Å². The molecule has 0 saturated heterocycles. The van der Waals surface area contributed by atoms with Crippen molar-refractivity contribution in [2.75, 3.05) is 5.32 Å². The molecule has 0 radical (unpaired) electrons. The van der Waals surface area contributed by atoms with Gasteiger partial charge >= 0.3 is 0 Å². The first-order valence-corrected chi connectivity index (χ1v) is 9.08. The van der Waals surface area contributed by atoms with E-state index in [-0.39, 0.29) is 17.4 Å². The van der Waals surface area contributed by atoms with E-state index >= 15 is 0 Å². The van der Waals surface area contributed by atoms with Crippen molar-refractivity contribution in [3.8, 4) is 0 Å². The number of carbonyl (C=O) groups excluding carboxylic acids is 1. The number of rotatable bonds is 3. The summed E-state index contributed by atoms with van der Waals surface area (Å²) < 4.78 is 13.5. The maximum atomic E-state index is 13.5. The van der Waals surface area contributed by atoms with Gasteiger partial charge in [0.1, 0.15) is 11.9 Å². The van der Waals surface area contributed by atoms with Crippen molar-refractivity contribution in [2.24, 2.45) is 0 Å². The number of halogens is 1. The van der Waals surface area contributed by atoms with Crippen LogP contribution in [0.4, 0.5) is 10.1 Å². The van der Waals surface area contributed by atoms with Crippen LogP contribution in [-0.4, -0.2) is 32.0 Å². The highest BCUT2D eigenvalue weighted by atomic mass is 32.1. The lowest BCUT2D eigenvalue weighted by Crippen LogP contribution is -2.56.